The third-order valence-corrected chi connectivity index (χ3v) is 4.39. The molecule has 0 saturated heterocycles. The van der Waals surface area contributed by atoms with E-state index < -0.39 is 0 Å². The summed E-state index contributed by atoms with van der Waals surface area (Å²) in [6.07, 6.45) is 3.45. The Labute approximate surface area is 152 Å². The Morgan fingerprint density at radius 2 is 1.96 bits per heavy atom. The summed E-state index contributed by atoms with van der Waals surface area (Å²) in [6.45, 7) is 2.85. The molecule has 0 N–H and O–H groups in total. The lowest BCUT2D eigenvalue weighted by Gasteiger charge is -2.29. The zero-order valence-corrected chi connectivity index (χ0v) is 15.3. The number of benzene rings is 1. The monoisotopic (exact) mass is 353 g/mol. The second-order valence-electron chi connectivity index (χ2n) is 6.14. The molecule has 0 aliphatic carbocycles. The maximum Gasteiger partial charge on any atom is 0.258 e. The predicted octanol–water partition coefficient (Wildman–Crippen LogP) is 3.02. The van der Waals surface area contributed by atoms with Gasteiger partial charge >= 0.3 is 0 Å². The Bertz CT molecular complexity index is 891. The number of fused-ring (bicyclic) bond motifs is 1. The van der Waals surface area contributed by atoms with Crippen LogP contribution in [-0.4, -0.2) is 47.3 Å². The van der Waals surface area contributed by atoms with Gasteiger partial charge in [0.1, 0.15) is 5.75 Å². The molecule has 2 heterocycles. The number of para-hydroxylation sites is 1. The minimum atomic E-state index is -0.101. The van der Waals surface area contributed by atoms with Gasteiger partial charge in [-0.1, -0.05) is 24.3 Å². The first-order chi connectivity index (χ1) is 12.7. The molecule has 0 fully saturated rings. The summed E-state index contributed by atoms with van der Waals surface area (Å²) in [6, 6.07) is 13.3. The maximum atomic E-state index is 13.3. The summed E-state index contributed by atoms with van der Waals surface area (Å²) in [5.41, 5.74) is 2.30. The van der Waals surface area contributed by atoms with E-state index in [2.05, 4.69) is 5.10 Å². The first kappa shape index (κ1) is 17.9. The summed E-state index contributed by atoms with van der Waals surface area (Å²) in [5.74, 6) is 0.677. The molecule has 0 unspecified atom stereocenters. The molecule has 0 saturated carbocycles. The molecule has 2 aromatic heterocycles. The van der Waals surface area contributed by atoms with Crippen LogP contribution < -0.4 is 4.74 Å². The van der Waals surface area contributed by atoms with E-state index in [0.717, 1.165) is 16.8 Å². The van der Waals surface area contributed by atoms with Crippen molar-refractivity contribution in [2.75, 3.05) is 20.8 Å². The smallest absolute Gasteiger partial charge is 0.258 e. The zero-order chi connectivity index (χ0) is 18.5. The Morgan fingerprint density at radius 1 is 1.19 bits per heavy atom. The van der Waals surface area contributed by atoms with Crippen molar-refractivity contribution in [3.8, 4) is 5.75 Å². The van der Waals surface area contributed by atoms with Crippen molar-refractivity contribution in [3.05, 3.63) is 66.0 Å². The average Bonchev–Trinajstić information content (AvgIpc) is 3.10. The van der Waals surface area contributed by atoms with E-state index in [9.17, 15) is 4.79 Å². The van der Waals surface area contributed by atoms with Gasteiger partial charge in [0, 0.05) is 18.9 Å². The van der Waals surface area contributed by atoms with Crippen LogP contribution in [0.5, 0.6) is 5.75 Å². The van der Waals surface area contributed by atoms with Gasteiger partial charge in [-0.3, -0.25) is 4.79 Å². The summed E-state index contributed by atoms with van der Waals surface area (Å²) >= 11 is 0. The molecule has 0 aliphatic heterocycles. The molecule has 1 aromatic carbocycles. The standard InChI is InChI=1S/C20H23N3O3/c1-15(14-25-2)22(13-16-8-4-5-10-19(16)26-3)20(24)17-12-21-23-11-7-6-9-18(17)23/h4-12,15H,13-14H2,1-3H3/t15-/m0/s1. The summed E-state index contributed by atoms with van der Waals surface area (Å²) in [7, 11) is 3.27. The molecule has 26 heavy (non-hydrogen) atoms. The van der Waals surface area contributed by atoms with Gasteiger partial charge in [-0.05, 0) is 25.1 Å². The first-order valence-corrected chi connectivity index (χ1v) is 8.50. The second kappa shape index (κ2) is 8.01. The molecular weight excluding hydrogens is 330 g/mol. The minimum absolute atomic E-state index is 0.0818. The average molecular weight is 353 g/mol. The lowest BCUT2D eigenvalue weighted by atomic mass is 10.1. The largest absolute Gasteiger partial charge is 0.496 e. The van der Waals surface area contributed by atoms with Crippen LogP contribution in [0.4, 0.5) is 0 Å². The number of hydrogen-bond acceptors (Lipinski definition) is 4. The van der Waals surface area contributed by atoms with E-state index >= 15 is 0 Å². The van der Waals surface area contributed by atoms with Gasteiger partial charge in [0.2, 0.25) is 0 Å². The predicted molar refractivity (Wildman–Crippen MR) is 99.4 cm³/mol. The van der Waals surface area contributed by atoms with Crippen molar-refractivity contribution in [2.24, 2.45) is 0 Å². The molecule has 6 heteroatoms. The van der Waals surface area contributed by atoms with Gasteiger partial charge in [0.25, 0.3) is 5.91 Å². The lowest BCUT2D eigenvalue weighted by Crippen LogP contribution is -2.40. The molecule has 3 aromatic rings. The van der Waals surface area contributed by atoms with Gasteiger partial charge in [-0.25, -0.2) is 4.52 Å². The fraction of sp³-hybridized carbons (Fsp3) is 0.300. The van der Waals surface area contributed by atoms with Crippen molar-refractivity contribution in [1.29, 1.82) is 0 Å². The number of methoxy groups -OCH3 is 2. The van der Waals surface area contributed by atoms with Crippen molar-refractivity contribution in [2.45, 2.75) is 19.5 Å². The van der Waals surface area contributed by atoms with E-state index in [1.165, 1.54) is 0 Å². The van der Waals surface area contributed by atoms with E-state index in [1.54, 1.807) is 29.8 Å². The number of hydrogen-bond donors (Lipinski definition) is 0. The SMILES string of the molecule is COC[C@H](C)N(Cc1ccccc1OC)C(=O)c1cnn2ccccc12. The van der Waals surface area contributed by atoms with Gasteiger partial charge in [0.15, 0.2) is 0 Å². The van der Waals surface area contributed by atoms with Crippen LogP contribution >= 0.6 is 0 Å². The third-order valence-electron chi connectivity index (χ3n) is 4.39. The number of pyridine rings is 1. The third kappa shape index (κ3) is 3.55. The summed E-state index contributed by atoms with van der Waals surface area (Å²) in [5, 5.41) is 4.28. The fourth-order valence-electron chi connectivity index (χ4n) is 3.03. The minimum Gasteiger partial charge on any atom is -0.496 e. The molecule has 6 nitrogen and oxygen atoms in total. The second-order valence-corrected chi connectivity index (χ2v) is 6.14. The van der Waals surface area contributed by atoms with E-state index in [1.807, 2.05) is 55.6 Å². The Balaban J connectivity index is 1.96. The Kier molecular flexibility index (Phi) is 5.53. The Hall–Kier alpha value is -2.86. The normalized spacial score (nSPS) is 12.1. The van der Waals surface area contributed by atoms with Crippen molar-refractivity contribution >= 4 is 11.4 Å². The quantitative estimate of drug-likeness (QED) is 0.655. The van der Waals surface area contributed by atoms with E-state index in [4.69, 9.17) is 9.47 Å². The van der Waals surface area contributed by atoms with Crippen LogP contribution in [0.3, 0.4) is 0 Å². The molecule has 0 radical (unpaired) electrons. The fourth-order valence-corrected chi connectivity index (χ4v) is 3.03. The number of aromatic nitrogens is 2. The number of amides is 1. The highest BCUT2D eigenvalue weighted by molar-refractivity contribution is 6.00. The molecule has 0 aliphatic rings. The number of rotatable bonds is 7. The number of nitrogens with zero attached hydrogens (tertiary/aromatic N) is 3. The van der Waals surface area contributed by atoms with Crippen molar-refractivity contribution in [3.63, 3.8) is 0 Å². The van der Waals surface area contributed by atoms with Gasteiger partial charge in [-0.2, -0.15) is 5.10 Å². The Morgan fingerprint density at radius 3 is 2.73 bits per heavy atom. The number of ether oxygens (including phenoxy) is 2. The summed E-state index contributed by atoms with van der Waals surface area (Å²) < 4.78 is 12.4. The zero-order valence-electron chi connectivity index (χ0n) is 15.3. The number of carbonyl (C=O) groups is 1. The molecule has 0 bridgehead atoms. The van der Waals surface area contributed by atoms with Crippen LogP contribution in [0, 0.1) is 0 Å². The molecule has 3 rings (SSSR count). The highest BCUT2D eigenvalue weighted by atomic mass is 16.5. The highest BCUT2D eigenvalue weighted by Gasteiger charge is 2.25. The van der Waals surface area contributed by atoms with Crippen molar-refractivity contribution in [1.82, 2.24) is 14.5 Å². The molecule has 136 valence electrons. The van der Waals surface area contributed by atoms with E-state index in [-0.39, 0.29) is 11.9 Å². The molecular formula is C20H23N3O3. The van der Waals surface area contributed by atoms with Crippen LogP contribution in [0.2, 0.25) is 0 Å². The maximum absolute atomic E-state index is 13.3. The van der Waals surface area contributed by atoms with Gasteiger partial charge < -0.3 is 14.4 Å². The first-order valence-electron chi connectivity index (χ1n) is 8.50. The van der Waals surface area contributed by atoms with Crippen LogP contribution in [0.15, 0.2) is 54.9 Å². The lowest BCUT2D eigenvalue weighted by molar-refractivity contribution is 0.0542. The molecule has 0 spiro atoms. The molecule has 1 atom stereocenters. The topological polar surface area (TPSA) is 56.1 Å². The van der Waals surface area contributed by atoms with Crippen molar-refractivity contribution < 1.29 is 14.3 Å². The van der Waals surface area contributed by atoms with Gasteiger partial charge in [0.05, 0.1) is 43.6 Å². The highest BCUT2D eigenvalue weighted by Crippen LogP contribution is 2.23. The van der Waals surface area contributed by atoms with Crippen LogP contribution in [0.25, 0.3) is 5.52 Å². The van der Waals surface area contributed by atoms with Gasteiger partial charge in [-0.15, -0.1) is 0 Å². The van der Waals surface area contributed by atoms with E-state index in [0.29, 0.717) is 18.7 Å². The van der Waals surface area contributed by atoms with Crippen LogP contribution in [0.1, 0.15) is 22.8 Å². The molecule has 1 amide bonds. The van der Waals surface area contributed by atoms with Crippen LogP contribution in [-0.2, 0) is 11.3 Å². The number of carbonyl (C=O) groups excluding carboxylic acids is 1. The summed E-state index contributed by atoms with van der Waals surface area (Å²) in [4.78, 5) is 15.1.